The number of amidine groups is 1. The Kier molecular flexibility index (Phi) is 7.48. The van der Waals surface area contributed by atoms with Gasteiger partial charge in [0.25, 0.3) is 5.91 Å². The van der Waals surface area contributed by atoms with Gasteiger partial charge in [0.1, 0.15) is 4.83 Å². The molecule has 0 spiro atoms. The summed E-state index contributed by atoms with van der Waals surface area (Å²) >= 11 is 8.86. The van der Waals surface area contributed by atoms with E-state index in [1.165, 1.54) is 11.1 Å². The molecule has 1 N–H and O–H groups in total. The molecule has 1 unspecified atom stereocenters. The fourth-order valence-corrected chi connectivity index (χ4v) is 7.20. The number of hydrogen-bond donors (Lipinski definition) is 1. The van der Waals surface area contributed by atoms with E-state index in [-0.39, 0.29) is 11.8 Å². The van der Waals surface area contributed by atoms with Crippen molar-refractivity contribution in [2.45, 2.75) is 44.8 Å². The minimum Gasteiger partial charge on any atom is -0.465 e. The van der Waals surface area contributed by atoms with Crippen LogP contribution in [0.1, 0.15) is 42.8 Å². The molecule has 1 aliphatic carbocycles. The van der Waals surface area contributed by atoms with Crippen molar-refractivity contribution in [2.24, 2.45) is 10.2 Å². The van der Waals surface area contributed by atoms with Crippen LogP contribution in [-0.2, 0) is 27.2 Å². The Bertz CT molecular complexity index is 1680. The van der Waals surface area contributed by atoms with Crippen LogP contribution in [0.25, 0.3) is 27.0 Å². The third kappa shape index (κ3) is 4.95. The minimum absolute atomic E-state index is 0.205. The SMILES string of the molecule is CCOC(=O)C1S/C(=N\N=C(/C)c2sc3nc4c(c(-c5ccc(Cl)cc5)c3c2-n2cccc2)CCCC4)NC1=O. The van der Waals surface area contributed by atoms with Gasteiger partial charge in [-0.15, -0.1) is 16.4 Å². The number of benzene rings is 1. The first-order chi connectivity index (χ1) is 19.4. The molecule has 1 amide bonds. The summed E-state index contributed by atoms with van der Waals surface area (Å²) in [5.41, 5.74) is 6.41. The summed E-state index contributed by atoms with van der Waals surface area (Å²) in [6.07, 6.45) is 8.23. The van der Waals surface area contributed by atoms with E-state index in [2.05, 4.69) is 32.2 Å². The van der Waals surface area contributed by atoms with Crippen molar-refractivity contribution in [3.05, 3.63) is 69.9 Å². The molecule has 2 aliphatic rings. The van der Waals surface area contributed by atoms with E-state index in [1.807, 2.05) is 43.6 Å². The van der Waals surface area contributed by atoms with Crippen LogP contribution in [0.5, 0.6) is 0 Å². The number of thioether (sulfide) groups is 1. The van der Waals surface area contributed by atoms with Gasteiger partial charge in [0, 0.05) is 28.5 Å². The normalized spacial score (nSPS) is 18.3. The molecule has 0 saturated carbocycles. The first-order valence-corrected chi connectivity index (χ1v) is 15.2. The van der Waals surface area contributed by atoms with Crippen molar-refractivity contribution in [1.82, 2.24) is 14.9 Å². The standard InChI is InChI=1S/C29H26ClN5O3S2/c1-3-38-28(37)25-26(36)32-29(40-25)34-33-16(2)24-23(35-14-6-7-15-35)22-21(17-10-12-18(30)13-11-17)19-8-4-5-9-20(19)31-27(22)39-24/h6-7,10-15,25H,3-5,8-9H2,1-2H3,(H,32,34,36)/b33-16+. The summed E-state index contributed by atoms with van der Waals surface area (Å²) in [6.45, 7) is 3.80. The van der Waals surface area contributed by atoms with Gasteiger partial charge in [-0.3, -0.25) is 9.59 Å². The number of rotatable bonds is 6. The van der Waals surface area contributed by atoms with E-state index in [9.17, 15) is 9.59 Å². The Morgan fingerprint density at radius 3 is 2.70 bits per heavy atom. The summed E-state index contributed by atoms with van der Waals surface area (Å²) in [5, 5.41) is 12.5. The van der Waals surface area contributed by atoms with Crippen LogP contribution in [0.4, 0.5) is 0 Å². The maximum absolute atomic E-state index is 12.3. The molecule has 4 aromatic rings. The van der Waals surface area contributed by atoms with Crippen LogP contribution < -0.4 is 5.32 Å². The second-order valence-corrected chi connectivity index (χ2v) is 12.0. The summed E-state index contributed by atoms with van der Waals surface area (Å²) in [5.74, 6) is -1.03. The predicted molar refractivity (Wildman–Crippen MR) is 162 cm³/mol. The molecule has 6 rings (SSSR count). The number of carbonyl (C=O) groups excluding carboxylic acids is 2. The number of ether oxygens (including phenoxy) is 1. The van der Waals surface area contributed by atoms with Gasteiger partial charge in [-0.25, -0.2) is 4.98 Å². The van der Waals surface area contributed by atoms with Crippen LogP contribution in [0, 0.1) is 0 Å². The maximum atomic E-state index is 12.3. The third-order valence-electron chi connectivity index (χ3n) is 6.90. The smallest absolute Gasteiger partial charge is 0.329 e. The number of aryl methyl sites for hydroxylation is 1. The quantitative estimate of drug-likeness (QED) is 0.125. The van der Waals surface area contributed by atoms with Crippen LogP contribution >= 0.6 is 34.7 Å². The van der Waals surface area contributed by atoms with E-state index < -0.39 is 17.1 Å². The van der Waals surface area contributed by atoms with Crippen molar-refractivity contribution < 1.29 is 14.3 Å². The van der Waals surface area contributed by atoms with Gasteiger partial charge in [0.05, 0.1) is 22.9 Å². The molecule has 0 radical (unpaired) electrons. The van der Waals surface area contributed by atoms with Gasteiger partial charge in [-0.05, 0) is 80.5 Å². The first-order valence-electron chi connectivity index (χ1n) is 13.1. The molecule has 1 aliphatic heterocycles. The highest BCUT2D eigenvalue weighted by Crippen LogP contribution is 2.44. The number of thiophene rings is 1. The number of carbonyl (C=O) groups is 2. The number of amides is 1. The van der Waals surface area contributed by atoms with Crippen molar-refractivity contribution in [2.75, 3.05) is 6.61 Å². The molecule has 4 heterocycles. The zero-order valence-corrected chi connectivity index (χ0v) is 24.3. The van der Waals surface area contributed by atoms with Crippen LogP contribution in [0.3, 0.4) is 0 Å². The zero-order chi connectivity index (χ0) is 27.8. The molecule has 1 saturated heterocycles. The number of aromatic nitrogens is 2. The van der Waals surface area contributed by atoms with Crippen molar-refractivity contribution in [1.29, 1.82) is 0 Å². The number of nitrogens with one attached hydrogen (secondary N) is 1. The lowest BCUT2D eigenvalue weighted by molar-refractivity contribution is -0.144. The molecule has 1 aromatic carbocycles. The van der Waals surface area contributed by atoms with Gasteiger partial charge in [-0.2, -0.15) is 5.10 Å². The number of nitrogens with zero attached hydrogens (tertiary/aromatic N) is 4. The van der Waals surface area contributed by atoms with Gasteiger partial charge >= 0.3 is 5.97 Å². The van der Waals surface area contributed by atoms with Crippen molar-refractivity contribution in [3.63, 3.8) is 0 Å². The Hall–Kier alpha value is -3.47. The summed E-state index contributed by atoms with van der Waals surface area (Å²) < 4.78 is 7.10. The maximum Gasteiger partial charge on any atom is 0.329 e. The molecule has 0 bridgehead atoms. The second-order valence-electron chi connectivity index (χ2n) is 9.51. The molecule has 8 nitrogen and oxygen atoms in total. The average molecular weight is 592 g/mol. The van der Waals surface area contributed by atoms with E-state index in [4.69, 9.17) is 21.3 Å². The van der Waals surface area contributed by atoms with Crippen molar-refractivity contribution in [3.8, 4) is 16.8 Å². The largest absolute Gasteiger partial charge is 0.465 e. The lowest BCUT2D eigenvalue weighted by Crippen LogP contribution is -2.31. The first kappa shape index (κ1) is 26.7. The molecule has 3 aromatic heterocycles. The number of hydrogen-bond acceptors (Lipinski definition) is 8. The van der Waals surface area contributed by atoms with E-state index in [1.54, 1.807) is 18.3 Å². The highest BCUT2D eigenvalue weighted by Gasteiger charge is 2.37. The molecule has 1 fully saturated rings. The number of esters is 1. The third-order valence-corrected chi connectivity index (χ3v) is 9.39. The van der Waals surface area contributed by atoms with Crippen LogP contribution in [0.15, 0.2) is 59.0 Å². The molecule has 11 heteroatoms. The van der Waals surface area contributed by atoms with E-state index >= 15 is 0 Å². The molecule has 204 valence electrons. The Balaban J connectivity index is 1.50. The summed E-state index contributed by atoms with van der Waals surface area (Å²) in [6, 6.07) is 12.0. The van der Waals surface area contributed by atoms with E-state index in [0.717, 1.165) is 69.5 Å². The Labute approximate surface area is 244 Å². The van der Waals surface area contributed by atoms with Gasteiger partial charge in [-0.1, -0.05) is 35.5 Å². The zero-order valence-electron chi connectivity index (χ0n) is 21.9. The van der Waals surface area contributed by atoms with Gasteiger partial charge in [0.2, 0.25) is 0 Å². The summed E-state index contributed by atoms with van der Waals surface area (Å²) in [7, 11) is 0. The van der Waals surface area contributed by atoms with Gasteiger partial charge in [0.15, 0.2) is 10.4 Å². The monoisotopic (exact) mass is 591 g/mol. The molecule has 1 atom stereocenters. The average Bonchev–Trinajstić information content (AvgIpc) is 3.70. The van der Waals surface area contributed by atoms with Crippen LogP contribution in [-0.4, -0.2) is 44.2 Å². The number of halogens is 1. The van der Waals surface area contributed by atoms with Gasteiger partial charge < -0.3 is 14.6 Å². The highest BCUT2D eigenvalue weighted by atomic mass is 35.5. The predicted octanol–water partition coefficient (Wildman–Crippen LogP) is 6.16. The number of pyridine rings is 1. The van der Waals surface area contributed by atoms with Crippen LogP contribution in [0.2, 0.25) is 5.02 Å². The summed E-state index contributed by atoms with van der Waals surface area (Å²) in [4.78, 5) is 31.4. The Morgan fingerprint density at radius 2 is 1.95 bits per heavy atom. The minimum atomic E-state index is -0.980. The topological polar surface area (TPSA) is 97.9 Å². The van der Waals surface area contributed by atoms with Crippen molar-refractivity contribution >= 4 is 67.7 Å². The molecular weight excluding hydrogens is 566 g/mol. The number of fused-ring (bicyclic) bond motifs is 2. The fraction of sp³-hybridized carbons (Fsp3) is 0.276. The lowest BCUT2D eigenvalue weighted by Gasteiger charge is -2.21. The fourth-order valence-electron chi connectivity index (χ4n) is 5.13. The molecule has 40 heavy (non-hydrogen) atoms. The highest BCUT2D eigenvalue weighted by molar-refractivity contribution is 8.16. The van der Waals surface area contributed by atoms with E-state index in [0.29, 0.717) is 10.7 Å². The molecular formula is C29H26ClN5O3S2. The Morgan fingerprint density at radius 1 is 1.20 bits per heavy atom. The lowest BCUT2D eigenvalue weighted by atomic mass is 9.87. The second kappa shape index (κ2) is 11.2.